The summed E-state index contributed by atoms with van der Waals surface area (Å²) in [6, 6.07) is 10.1. The number of hydrogen-bond donors (Lipinski definition) is 0. The second kappa shape index (κ2) is 10.0. The summed E-state index contributed by atoms with van der Waals surface area (Å²) in [4.78, 5) is 20.0. The molecule has 1 aromatic carbocycles. The molecule has 5 rings (SSSR count). The van der Waals surface area contributed by atoms with Crippen molar-refractivity contribution in [1.29, 1.82) is 0 Å². The molecule has 3 aromatic heterocycles. The Bertz CT molecular complexity index is 1380. The maximum atomic E-state index is 12.5. The van der Waals surface area contributed by atoms with Crippen LogP contribution in [0.5, 0.6) is 0 Å². The first kappa shape index (κ1) is 24.5. The van der Waals surface area contributed by atoms with E-state index in [0.717, 1.165) is 77.7 Å². The summed E-state index contributed by atoms with van der Waals surface area (Å²) in [5, 5.41) is 7.63. The molecule has 7 nitrogen and oxygen atoms in total. The SMILES string of the molecule is COC(=O)c1c(CN2CCC(c3nc(-c4c(-c5ccccc5)noc4C)cs3)CC2)c(C)n(C)c1C. The number of carbonyl (C=O) groups excluding carboxylic acids is 1. The molecule has 0 spiro atoms. The second-order valence-electron chi connectivity index (χ2n) is 9.52. The van der Waals surface area contributed by atoms with Gasteiger partial charge in [-0.2, -0.15) is 0 Å². The first-order valence-electron chi connectivity index (χ1n) is 12.3. The van der Waals surface area contributed by atoms with Gasteiger partial charge in [0.1, 0.15) is 11.5 Å². The number of aryl methyl sites for hydroxylation is 1. The summed E-state index contributed by atoms with van der Waals surface area (Å²) < 4.78 is 12.7. The molecule has 0 radical (unpaired) electrons. The molecule has 1 saturated heterocycles. The molecule has 0 unspecified atom stereocenters. The van der Waals surface area contributed by atoms with Crippen molar-refractivity contribution in [2.45, 2.75) is 46.1 Å². The van der Waals surface area contributed by atoms with Crippen LogP contribution in [-0.2, 0) is 18.3 Å². The third-order valence-electron chi connectivity index (χ3n) is 7.50. The van der Waals surface area contributed by atoms with Crippen LogP contribution in [0.2, 0.25) is 0 Å². The molecule has 36 heavy (non-hydrogen) atoms. The lowest BCUT2D eigenvalue weighted by Crippen LogP contribution is -2.33. The number of benzene rings is 1. The maximum absolute atomic E-state index is 12.5. The zero-order valence-electron chi connectivity index (χ0n) is 21.5. The predicted octanol–water partition coefficient (Wildman–Crippen LogP) is 5.90. The van der Waals surface area contributed by atoms with Gasteiger partial charge in [-0.1, -0.05) is 35.5 Å². The van der Waals surface area contributed by atoms with Gasteiger partial charge < -0.3 is 13.8 Å². The van der Waals surface area contributed by atoms with Crippen LogP contribution in [0.1, 0.15) is 56.8 Å². The predicted molar refractivity (Wildman–Crippen MR) is 141 cm³/mol. The van der Waals surface area contributed by atoms with Gasteiger partial charge in [-0.3, -0.25) is 4.90 Å². The average molecular weight is 505 g/mol. The zero-order chi connectivity index (χ0) is 25.4. The number of likely N-dealkylation sites (tertiary alicyclic amines) is 1. The minimum absolute atomic E-state index is 0.254. The summed E-state index contributed by atoms with van der Waals surface area (Å²) >= 11 is 1.73. The smallest absolute Gasteiger partial charge is 0.340 e. The van der Waals surface area contributed by atoms with E-state index in [2.05, 4.69) is 26.9 Å². The van der Waals surface area contributed by atoms with E-state index in [1.807, 2.05) is 51.2 Å². The molecule has 188 valence electrons. The van der Waals surface area contributed by atoms with Crippen LogP contribution in [0.25, 0.3) is 22.5 Å². The van der Waals surface area contributed by atoms with Gasteiger partial charge in [0.25, 0.3) is 0 Å². The van der Waals surface area contributed by atoms with Gasteiger partial charge in [0, 0.05) is 47.4 Å². The van der Waals surface area contributed by atoms with Crippen molar-refractivity contribution in [3.63, 3.8) is 0 Å². The number of methoxy groups -OCH3 is 1. The van der Waals surface area contributed by atoms with Crippen molar-refractivity contribution < 1.29 is 14.1 Å². The van der Waals surface area contributed by atoms with Crippen molar-refractivity contribution in [1.82, 2.24) is 19.6 Å². The number of hydrogen-bond acceptors (Lipinski definition) is 7. The number of ether oxygens (including phenoxy) is 1. The maximum Gasteiger partial charge on any atom is 0.340 e. The Kier molecular flexibility index (Phi) is 6.81. The number of aromatic nitrogens is 3. The molecule has 4 aromatic rings. The standard InChI is InChI=1S/C28H32N4O3S/c1-17-22(24(28(33)34-5)18(2)31(17)4)15-32-13-11-21(12-14-32)27-29-23(16-36-27)25-19(3)35-30-26(25)20-9-7-6-8-10-20/h6-10,16,21H,11-15H2,1-5H3. The lowest BCUT2D eigenvalue weighted by molar-refractivity contribution is 0.0597. The van der Waals surface area contributed by atoms with Gasteiger partial charge in [-0.05, 0) is 46.7 Å². The van der Waals surface area contributed by atoms with E-state index >= 15 is 0 Å². The first-order chi connectivity index (χ1) is 17.4. The van der Waals surface area contributed by atoms with Crippen LogP contribution < -0.4 is 0 Å². The molecule has 0 aliphatic carbocycles. The monoisotopic (exact) mass is 504 g/mol. The molecule has 8 heteroatoms. The van der Waals surface area contributed by atoms with Crippen LogP contribution in [0.3, 0.4) is 0 Å². The van der Waals surface area contributed by atoms with Gasteiger partial charge in [0.05, 0.1) is 28.9 Å². The third-order valence-corrected chi connectivity index (χ3v) is 8.51. The highest BCUT2D eigenvalue weighted by Gasteiger charge is 2.28. The van der Waals surface area contributed by atoms with Crippen molar-refractivity contribution in [3.8, 4) is 22.5 Å². The highest BCUT2D eigenvalue weighted by molar-refractivity contribution is 7.10. The molecule has 0 N–H and O–H groups in total. The van der Waals surface area contributed by atoms with E-state index in [1.54, 1.807) is 11.3 Å². The third kappa shape index (κ3) is 4.40. The number of nitrogens with zero attached hydrogens (tertiary/aromatic N) is 4. The van der Waals surface area contributed by atoms with E-state index in [1.165, 1.54) is 12.1 Å². The molecule has 0 amide bonds. The molecule has 1 aliphatic rings. The van der Waals surface area contributed by atoms with Crippen LogP contribution in [0, 0.1) is 20.8 Å². The van der Waals surface area contributed by atoms with Crippen LogP contribution in [0.4, 0.5) is 0 Å². The van der Waals surface area contributed by atoms with Crippen molar-refractivity contribution in [3.05, 3.63) is 69.0 Å². The van der Waals surface area contributed by atoms with Crippen LogP contribution in [-0.4, -0.2) is 45.8 Å². The fourth-order valence-corrected chi connectivity index (χ4v) is 6.19. The number of carbonyl (C=O) groups is 1. The van der Waals surface area contributed by atoms with Gasteiger partial charge >= 0.3 is 5.97 Å². The molecule has 0 atom stereocenters. The number of thiazole rings is 1. The Labute approximate surface area is 215 Å². The molecule has 0 bridgehead atoms. The lowest BCUT2D eigenvalue weighted by atomic mass is 9.96. The average Bonchev–Trinajstić information content (AvgIpc) is 3.59. The minimum atomic E-state index is -0.254. The normalized spacial score (nSPS) is 14.9. The summed E-state index contributed by atoms with van der Waals surface area (Å²) in [7, 11) is 3.46. The van der Waals surface area contributed by atoms with Gasteiger partial charge in [-0.25, -0.2) is 9.78 Å². The van der Waals surface area contributed by atoms with Crippen molar-refractivity contribution >= 4 is 17.3 Å². The molecule has 1 aliphatic heterocycles. The first-order valence-corrected chi connectivity index (χ1v) is 13.2. The number of rotatable bonds is 6. The summed E-state index contributed by atoms with van der Waals surface area (Å²) in [5.74, 6) is 0.963. The Morgan fingerprint density at radius 3 is 2.56 bits per heavy atom. The summed E-state index contributed by atoms with van der Waals surface area (Å²) in [5.41, 5.74) is 7.66. The quantitative estimate of drug-likeness (QED) is 0.305. The molecule has 0 saturated carbocycles. The van der Waals surface area contributed by atoms with E-state index < -0.39 is 0 Å². The molecule has 1 fully saturated rings. The number of piperidine rings is 1. The second-order valence-corrected chi connectivity index (χ2v) is 10.4. The highest BCUT2D eigenvalue weighted by atomic mass is 32.1. The fourth-order valence-electron chi connectivity index (χ4n) is 5.21. The summed E-state index contributed by atoms with van der Waals surface area (Å²) in [6.07, 6.45) is 2.08. The topological polar surface area (TPSA) is 73.4 Å². The van der Waals surface area contributed by atoms with E-state index in [-0.39, 0.29) is 5.97 Å². The van der Waals surface area contributed by atoms with E-state index in [4.69, 9.17) is 14.2 Å². The van der Waals surface area contributed by atoms with Gasteiger partial charge in [0.2, 0.25) is 0 Å². The Morgan fingerprint density at radius 2 is 1.86 bits per heavy atom. The van der Waals surface area contributed by atoms with Gasteiger partial charge in [0.15, 0.2) is 0 Å². The van der Waals surface area contributed by atoms with E-state index in [0.29, 0.717) is 11.5 Å². The lowest BCUT2D eigenvalue weighted by Gasteiger charge is -2.31. The molecular weight excluding hydrogens is 472 g/mol. The Hall–Kier alpha value is -3.23. The van der Waals surface area contributed by atoms with Crippen molar-refractivity contribution in [2.75, 3.05) is 20.2 Å². The Morgan fingerprint density at radius 1 is 1.14 bits per heavy atom. The van der Waals surface area contributed by atoms with Crippen LogP contribution in [0.15, 0.2) is 40.2 Å². The van der Waals surface area contributed by atoms with Crippen molar-refractivity contribution in [2.24, 2.45) is 7.05 Å². The van der Waals surface area contributed by atoms with E-state index in [9.17, 15) is 4.79 Å². The van der Waals surface area contributed by atoms with Gasteiger partial charge in [-0.15, -0.1) is 11.3 Å². The molecular formula is C28H32N4O3S. The summed E-state index contributed by atoms with van der Waals surface area (Å²) in [6.45, 7) is 8.70. The highest BCUT2D eigenvalue weighted by Crippen LogP contribution is 2.38. The minimum Gasteiger partial charge on any atom is -0.465 e. The number of esters is 1. The Balaban J connectivity index is 1.30. The molecule has 4 heterocycles. The van der Waals surface area contributed by atoms with Crippen LogP contribution >= 0.6 is 11.3 Å². The largest absolute Gasteiger partial charge is 0.465 e. The zero-order valence-corrected chi connectivity index (χ0v) is 22.3. The fraction of sp³-hybridized carbons (Fsp3) is 0.393.